The summed E-state index contributed by atoms with van der Waals surface area (Å²) in [4.78, 5) is 20.7. The summed E-state index contributed by atoms with van der Waals surface area (Å²) in [6.45, 7) is 1.93. The molecule has 0 spiro atoms. The molecule has 3 aromatic rings. The van der Waals surface area contributed by atoms with Gasteiger partial charge in [0, 0.05) is 23.7 Å². The summed E-state index contributed by atoms with van der Waals surface area (Å²) in [5.41, 5.74) is 1.71. The molecule has 0 fully saturated rings. The van der Waals surface area contributed by atoms with E-state index in [-0.39, 0.29) is 5.91 Å². The number of ether oxygens (including phenoxy) is 1. The Labute approximate surface area is 138 Å². The van der Waals surface area contributed by atoms with Crippen molar-refractivity contribution in [1.82, 2.24) is 15.1 Å². The number of amides is 1. The first kappa shape index (κ1) is 15.7. The summed E-state index contributed by atoms with van der Waals surface area (Å²) < 4.78 is 10.2. The molecule has 24 heavy (non-hydrogen) atoms. The summed E-state index contributed by atoms with van der Waals surface area (Å²) in [6.07, 6.45) is 3.83. The van der Waals surface area contributed by atoms with Crippen molar-refractivity contribution in [3.8, 4) is 17.1 Å². The van der Waals surface area contributed by atoms with Gasteiger partial charge in [0.2, 0.25) is 11.7 Å². The largest absolute Gasteiger partial charge is 0.497 e. The van der Waals surface area contributed by atoms with Gasteiger partial charge >= 0.3 is 0 Å². The van der Waals surface area contributed by atoms with Gasteiger partial charge in [-0.3, -0.25) is 9.78 Å². The molecule has 1 N–H and O–H groups in total. The lowest BCUT2D eigenvalue weighted by molar-refractivity contribution is 0.102. The molecule has 2 aromatic heterocycles. The van der Waals surface area contributed by atoms with Crippen LogP contribution in [-0.2, 0) is 6.42 Å². The zero-order chi connectivity index (χ0) is 16.9. The Morgan fingerprint density at radius 2 is 2.17 bits per heavy atom. The minimum Gasteiger partial charge on any atom is -0.497 e. The van der Waals surface area contributed by atoms with Crippen LogP contribution >= 0.6 is 0 Å². The van der Waals surface area contributed by atoms with Crippen molar-refractivity contribution in [3.63, 3.8) is 0 Å². The number of hydrogen-bond donors (Lipinski definition) is 1. The molecule has 0 radical (unpaired) electrons. The zero-order valence-electron chi connectivity index (χ0n) is 13.3. The number of nitrogens with zero attached hydrogens (tertiary/aromatic N) is 3. The first-order valence-electron chi connectivity index (χ1n) is 7.43. The highest BCUT2D eigenvalue weighted by Crippen LogP contribution is 2.20. The summed E-state index contributed by atoms with van der Waals surface area (Å²) >= 11 is 0. The maximum absolute atomic E-state index is 12.3. The van der Waals surface area contributed by atoms with E-state index in [4.69, 9.17) is 9.26 Å². The lowest BCUT2D eigenvalue weighted by Gasteiger charge is -2.07. The number of anilines is 1. The van der Waals surface area contributed by atoms with Crippen molar-refractivity contribution >= 4 is 11.6 Å². The molecule has 2 heterocycles. The molecule has 1 amide bonds. The minimum absolute atomic E-state index is 0.254. The summed E-state index contributed by atoms with van der Waals surface area (Å²) in [7, 11) is 1.56. The van der Waals surface area contributed by atoms with Gasteiger partial charge in [0.1, 0.15) is 5.75 Å². The molecule has 0 atom stereocenters. The van der Waals surface area contributed by atoms with Crippen LogP contribution in [0.4, 0.5) is 5.69 Å². The van der Waals surface area contributed by atoms with Gasteiger partial charge in [-0.2, -0.15) is 4.98 Å². The van der Waals surface area contributed by atoms with E-state index < -0.39 is 0 Å². The predicted octanol–water partition coefficient (Wildman–Crippen LogP) is 2.95. The van der Waals surface area contributed by atoms with Crippen LogP contribution < -0.4 is 10.1 Å². The van der Waals surface area contributed by atoms with Crippen LogP contribution in [0.25, 0.3) is 11.4 Å². The van der Waals surface area contributed by atoms with Crippen LogP contribution in [0.3, 0.4) is 0 Å². The third-order valence-electron chi connectivity index (χ3n) is 3.36. The summed E-state index contributed by atoms with van der Waals surface area (Å²) in [5, 5.41) is 6.70. The van der Waals surface area contributed by atoms with E-state index in [0.717, 1.165) is 0 Å². The normalized spacial score (nSPS) is 10.4. The Hall–Kier alpha value is -3.22. The van der Waals surface area contributed by atoms with E-state index in [9.17, 15) is 4.79 Å². The van der Waals surface area contributed by atoms with Crippen molar-refractivity contribution in [2.75, 3.05) is 12.4 Å². The van der Waals surface area contributed by atoms with E-state index >= 15 is 0 Å². The van der Waals surface area contributed by atoms with Crippen molar-refractivity contribution < 1.29 is 14.1 Å². The van der Waals surface area contributed by atoms with Gasteiger partial charge in [-0.1, -0.05) is 18.1 Å². The fraction of sp³-hybridized carbons (Fsp3) is 0.176. The smallest absolute Gasteiger partial charge is 0.255 e. The number of pyridine rings is 1. The van der Waals surface area contributed by atoms with Crippen LogP contribution in [0.5, 0.6) is 5.75 Å². The zero-order valence-corrected chi connectivity index (χ0v) is 13.3. The summed E-state index contributed by atoms with van der Waals surface area (Å²) in [6, 6.07) is 8.66. The molecule has 0 unspecified atom stereocenters. The summed E-state index contributed by atoms with van der Waals surface area (Å²) in [5.74, 6) is 1.36. The lowest BCUT2D eigenvalue weighted by atomic mass is 10.2. The van der Waals surface area contributed by atoms with Gasteiger partial charge < -0.3 is 14.6 Å². The Balaban J connectivity index is 1.80. The van der Waals surface area contributed by atoms with Crippen LogP contribution in [0.15, 0.2) is 47.2 Å². The van der Waals surface area contributed by atoms with Crippen molar-refractivity contribution in [3.05, 3.63) is 54.2 Å². The molecule has 0 bridgehead atoms. The third-order valence-corrected chi connectivity index (χ3v) is 3.36. The van der Waals surface area contributed by atoms with Gasteiger partial charge in [-0.15, -0.1) is 0 Å². The second kappa shape index (κ2) is 6.91. The molecule has 0 saturated heterocycles. The molecule has 0 aliphatic rings. The SMILES string of the molecule is CCc1nc(-c2cncc(NC(=O)c3cccc(OC)c3)c2)no1. The maximum atomic E-state index is 12.3. The fourth-order valence-electron chi connectivity index (χ4n) is 2.11. The average molecular weight is 324 g/mol. The van der Waals surface area contributed by atoms with Gasteiger partial charge in [-0.05, 0) is 24.3 Å². The maximum Gasteiger partial charge on any atom is 0.255 e. The number of hydrogen-bond acceptors (Lipinski definition) is 6. The van der Waals surface area contributed by atoms with Gasteiger partial charge in [-0.25, -0.2) is 0 Å². The minimum atomic E-state index is -0.254. The van der Waals surface area contributed by atoms with Crippen LogP contribution in [0, 0.1) is 0 Å². The Kier molecular flexibility index (Phi) is 4.51. The topological polar surface area (TPSA) is 90.1 Å². The molecule has 0 aliphatic carbocycles. The first-order valence-corrected chi connectivity index (χ1v) is 7.43. The average Bonchev–Trinajstić information content (AvgIpc) is 3.11. The second-order valence-corrected chi connectivity index (χ2v) is 5.01. The van der Waals surface area contributed by atoms with Gasteiger partial charge in [0.05, 0.1) is 19.0 Å². The van der Waals surface area contributed by atoms with E-state index in [0.29, 0.717) is 40.7 Å². The number of aromatic nitrogens is 3. The highest BCUT2D eigenvalue weighted by molar-refractivity contribution is 6.04. The highest BCUT2D eigenvalue weighted by atomic mass is 16.5. The molecule has 1 aromatic carbocycles. The highest BCUT2D eigenvalue weighted by Gasteiger charge is 2.11. The molecule has 0 saturated carbocycles. The molecule has 7 nitrogen and oxygen atoms in total. The van der Waals surface area contributed by atoms with E-state index in [2.05, 4.69) is 20.4 Å². The lowest BCUT2D eigenvalue weighted by Crippen LogP contribution is -2.12. The number of carbonyl (C=O) groups excluding carboxylic acids is 1. The van der Waals surface area contributed by atoms with Crippen LogP contribution in [-0.4, -0.2) is 28.1 Å². The predicted molar refractivity (Wildman–Crippen MR) is 87.9 cm³/mol. The quantitative estimate of drug-likeness (QED) is 0.776. The van der Waals surface area contributed by atoms with Crippen molar-refractivity contribution in [1.29, 1.82) is 0 Å². The number of nitrogens with one attached hydrogen (secondary N) is 1. The Morgan fingerprint density at radius 3 is 2.92 bits per heavy atom. The second-order valence-electron chi connectivity index (χ2n) is 5.01. The monoisotopic (exact) mass is 324 g/mol. The number of carbonyl (C=O) groups is 1. The van der Waals surface area contributed by atoms with Crippen LogP contribution in [0.1, 0.15) is 23.2 Å². The molecular formula is C17H16N4O3. The molecule has 122 valence electrons. The van der Waals surface area contributed by atoms with Crippen molar-refractivity contribution in [2.24, 2.45) is 0 Å². The first-order chi connectivity index (χ1) is 11.7. The van der Waals surface area contributed by atoms with E-state index in [1.54, 1.807) is 49.8 Å². The Morgan fingerprint density at radius 1 is 1.29 bits per heavy atom. The number of methoxy groups -OCH3 is 1. The van der Waals surface area contributed by atoms with E-state index in [1.165, 1.54) is 0 Å². The number of aryl methyl sites for hydroxylation is 1. The fourth-order valence-corrected chi connectivity index (χ4v) is 2.11. The molecule has 7 heteroatoms. The number of rotatable bonds is 5. The molecular weight excluding hydrogens is 308 g/mol. The number of benzene rings is 1. The Bertz CT molecular complexity index is 860. The van der Waals surface area contributed by atoms with Gasteiger partial charge in [0.15, 0.2) is 0 Å². The van der Waals surface area contributed by atoms with Crippen LogP contribution in [0.2, 0.25) is 0 Å². The van der Waals surface area contributed by atoms with E-state index in [1.807, 2.05) is 6.92 Å². The standard InChI is InChI=1S/C17H16N4O3/c1-3-15-20-16(21-24-15)12-7-13(10-18-9-12)19-17(22)11-5-4-6-14(8-11)23-2/h4-10H,3H2,1-2H3,(H,19,22). The molecule has 0 aliphatic heterocycles. The van der Waals surface area contributed by atoms with Crippen molar-refractivity contribution in [2.45, 2.75) is 13.3 Å². The molecule has 3 rings (SSSR count). The van der Waals surface area contributed by atoms with Gasteiger partial charge in [0.25, 0.3) is 5.91 Å². The third kappa shape index (κ3) is 3.40.